The molecule has 0 fully saturated rings. The maximum absolute atomic E-state index is 12.2. The molecule has 6 heteroatoms. The normalized spacial score (nSPS) is 12.0. The summed E-state index contributed by atoms with van der Waals surface area (Å²) in [6.45, 7) is 5.31. The van der Waals surface area contributed by atoms with E-state index in [4.69, 9.17) is 4.42 Å². The second kappa shape index (κ2) is 7.58. The van der Waals surface area contributed by atoms with Crippen LogP contribution in [-0.2, 0) is 16.1 Å². The molecule has 0 saturated carbocycles. The van der Waals surface area contributed by atoms with Gasteiger partial charge in [0.2, 0.25) is 17.7 Å². The van der Waals surface area contributed by atoms with E-state index >= 15 is 0 Å². The molecule has 2 amide bonds. The summed E-state index contributed by atoms with van der Waals surface area (Å²) in [5, 5.41) is 5.39. The third kappa shape index (κ3) is 4.67. The third-order valence-corrected chi connectivity index (χ3v) is 3.33. The highest BCUT2D eigenvalue weighted by Gasteiger charge is 2.23. The Morgan fingerprint density at radius 2 is 1.91 bits per heavy atom. The van der Waals surface area contributed by atoms with E-state index < -0.39 is 6.04 Å². The predicted molar refractivity (Wildman–Crippen MR) is 86.2 cm³/mol. The van der Waals surface area contributed by atoms with Gasteiger partial charge < -0.3 is 15.1 Å². The zero-order valence-corrected chi connectivity index (χ0v) is 13.5. The van der Waals surface area contributed by atoms with Crippen LogP contribution in [0, 0.1) is 5.92 Å². The molecular formula is C17H21N3O3. The number of amides is 2. The number of carbonyl (C=O) groups is 2. The average molecular weight is 315 g/mol. The van der Waals surface area contributed by atoms with Crippen LogP contribution in [0.15, 0.2) is 40.9 Å². The minimum atomic E-state index is -0.573. The van der Waals surface area contributed by atoms with Crippen LogP contribution in [0.4, 0.5) is 0 Å². The van der Waals surface area contributed by atoms with Crippen molar-refractivity contribution in [3.8, 4) is 11.3 Å². The summed E-state index contributed by atoms with van der Waals surface area (Å²) in [6.07, 6.45) is 1.63. The second-order valence-electron chi connectivity index (χ2n) is 5.62. The van der Waals surface area contributed by atoms with Crippen LogP contribution in [0.25, 0.3) is 11.3 Å². The Labute approximate surface area is 135 Å². The van der Waals surface area contributed by atoms with E-state index in [1.54, 1.807) is 6.20 Å². The zero-order valence-electron chi connectivity index (χ0n) is 13.5. The lowest BCUT2D eigenvalue weighted by Crippen LogP contribution is -2.48. The summed E-state index contributed by atoms with van der Waals surface area (Å²) in [5.41, 5.74) is 0.927. The minimum Gasteiger partial charge on any atom is -0.439 e. The first kappa shape index (κ1) is 16.7. The monoisotopic (exact) mass is 315 g/mol. The van der Waals surface area contributed by atoms with E-state index in [2.05, 4.69) is 15.6 Å². The molecule has 0 saturated heterocycles. The first-order valence-electron chi connectivity index (χ1n) is 7.52. The van der Waals surface area contributed by atoms with Gasteiger partial charge in [0.05, 0.1) is 12.7 Å². The van der Waals surface area contributed by atoms with Crippen molar-refractivity contribution in [3.63, 3.8) is 0 Å². The highest BCUT2D eigenvalue weighted by atomic mass is 16.4. The summed E-state index contributed by atoms with van der Waals surface area (Å²) < 4.78 is 5.63. The molecule has 122 valence electrons. The fourth-order valence-corrected chi connectivity index (χ4v) is 2.15. The number of hydrogen-bond donors (Lipinski definition) is 2. The Bertz CT molecular complexity index is 665. The van der Waals surface area contributed by atoms with E-state index in [0.717, 1.165) is 5.56 Å². The lowest BCUT2D eigenvalue weighted by atomic mass is 10.0. The van der Waals surface area contributed by atoms with E-state index in [9.17, 15) is 9.59 Å². The molecule has 1 atom stereocenters. The van der Waals surface area contributed by atoms with Gasteiger partial charge in [-0.25, -0.2) is 4.98 Å². The van der Waals surface area contributed by atoms with Crippen molar-refractivity contribution in [2.24, 2.45) is 5.92 Å². The lowest BCUT2D eigenvalue weighted by Gasteiger charge is -2.20. The second-order valence-corrected chi connectivity index (χ2v) is 5.62. The van der Waals surface area contributed by atoms with Gasteiger partial charge in [0.25, 0.3) is 0 Å². The first-order valence-corrected chi connectivity index (χ1v) is 7.52. The number of nitrogens with one attached hydrogen (secondary N) is 2. The van der Waals surface area contributed by atoms with Gasteiger partial charge in [-0.2, -0.15) is 0 Å². The fourth-order valence-electron chi connectivity index (χ4n) is 2.15. The zero-order chi connectivity index (χ0) is 16.8. The van der Waals surface area contributed by atoms with E-state index in [1.165, 1.54) is 6.92 Å². The van der Waals surface area contributed by atoms with Gasteiger partial charge in [-0.1, -0.05) is 44.2 Å². The molecule has 2 aromatic rings. The molecule has 6 nitrogen and oxygen atoms in total. The van der Waals surface area contributed by atoms with Crippen LogP contribution in [0.3, 0.4) is 0 Å². The van der Waals surface area contributed by atoms with Gasteiger partial charge in [-0.3, -0.25) is 9.59 Å². The van der Waals surface area contributed by atoms with Crippen LogP contribution in [0.2, 0.25) is 0 Å². The van der Waals surface area contributed by atoms with Crippen molar-refractivity contribution in [2.45, 2.75) is 33.4 Å². The SMILES string of the molecule is CC(=O)N[C@H](C(=O)NCc1ncc(-c2ccccc2)o1)C(C)C. The molecule has 0 spiro atoms. The van der Waals surface area contributed by atoms with E-state index in [1.807, 2.05) is 44.2 Å². The molecule has 1 aromatic heterocycles. The Morgan fingerprint density at radius 3 is 2.52 bits per heavy atom. The van der Waals surface area contributed by atoms with E-state index in [-0.39, 0.29) is 24.3 Å². The van der Waals surface area contributed by atoms with Crippen molar-refractivity contribution in [1.82, 2.24) is 15.6 Å². The summed E-state index contributed by atoms with van der Waals surface area (Å²) in [5.74, 6) is 0.569. The van der Waals surface area contributed by atoms with Crippen molar-refractivity contribution < 1.29 is 14.0 Å². The number of rotatable bonds is 6. The highest BCUT2D eigenvalue weighted by Crippen LogP contribution is 2.19. The molecule has 0 bridgehead atoms. The number of nitrogens with zero attached hydrogens (tertiary/aromatic N) is 1. The van der Waals surface area contributed by atoms with Gasteiger partial charge in [-0.15, -0.1) is 0 Å². The number of hydrogen-bond acceptors (Lipinski definition) is 4. The predicted octanol–water partition coefficient (Wildman–Crippen LogP) is 2.12. The van der Waals surface area contributed by atoms with E-state index in [0.29, 0.717) is 11.7 Å². The summed E-state index contributed by atoms with van der Waals surface area (Å²) >= 11 is 0. The fraction of sp³-hybridized carbons (Fsp3) is 0.353. The molecule has 1 heterocycles. The molecule has 0 radical (unpaired) electrons. The minimum absolute atomic E-state index is 0.0108. The lowest BCUT2D eigenvalue weighted by molar-refractivity contribution is -0.129. The quantitative estimate of drug-likeness (QED) is 0.855. The Morgan fingerprint density at radius 1 is 1.22 bits per heavy atom. The summed E-state index contributed by atoms with van der Waals surface area (Å²) in [4.78, 5) is 27.5. The van der Waals surface area contributed by atoms with Gasteiger partial charge >= 0.3 is 0 Å². The standard InChI is InChI=1S/C17H21N3O3/c1-11(2)16(20-12(3)21)17(22)19-10-15-18-9-14(23-15)13-7-5-4-6-8-13/h4-9,11,16H,10H2,1-3H3,(H,19,22)(H,20,21)/t16-/m0/s1. The maximum atomic E-state index is 12.2. The number of benzene rings is 1. The number of carbonyl (C=O) groups excluding carboxylic acids is 2. The Balaban J connectivity index is 1.96. The van der Waals surface area contributed by atoms with Crippen molar-refractivity contribution >= 4 is 11.8 Å². The van der Waals surface area contributed by atoms with Crippen LogP contribution in [0.5, 0.6) is 0 Å². The molecule has 0 unspecified atom stereocenters. The van der Waals surface area contributed by atoms with Gasteiger partial charge in [0.1, 0.15) is 6.04 Å². The van der Waals surface area contributed by atoms with Crippen LogP contribution < -0.4 is 10.6 Å². The number of aromatic nitrogens is 1. The van der Waals surface area contributed by atoms with Gasteiger partial charge in [0, 0.05) is 12.5 Å². The van der Waals surface area contributed by atoms with Crippen molar-refractivity contribution in [2.75, 3.05) is 0 Å². The molecular weight excluding hydrogens is 294 g/mol. The third-order valence-electron chi connectivity index (χ3n) is 3.33. The van der Waals surface area contributed by atoms with Crippen LogP contribution in [0.1, 0.15) is 26.7 Å². The largest absolute Gasteiger partial charge is 0.439 e. The highest BCUT2D eigenvalue weighted by molar-refractivity contribution is 5.86. The summed E-state index contributed by atoms with van der Waals surface area (Å²) in [6, 6.07) is 9.04. The molecule has 0 aliphatic carbocycles. The molecule has 0 aliphatic heterocycles. The summed E-state index contributed by atoms with van der Waals surface area (Å²) in [7, 11) is 0. The molecule has 1 aromatic carbocycles. The van der Waals surface area contributed by atoms with Crippen molar-refractivity contribution in [3.05, 3.63) is 42.4 Å². The van der Waals surface area contributed by atoms with Gasteiger partial charge in [-0.05, 0) is 5.92 Å². The molecule has 2 N–H and O–H groups in total. The van der Waals surface area contributed by atoms with Gasteiger partial charge in [0.15, 0.2) is 5.76 Å². The molecule has 2 rings (SSSR count). The first-order chi connectivity index (χ1) is 11.0. The molecule has 23 heavy (non-hydrogen) atoms. The topological polar surface area (TPSA) is 84.2 Å². The van der Waals surface area contributed by atoms with Crippen LogP contribution >= 0.6 is 0 Å². The number of oxazole rings is 1. The Kier molecular flexibility index (Phi) is 5.51. The average Bonchev–Trinajstić information content (AvgIpc) is 2.99. The van der Waals surface area contributed by atoms with Crippen molar-refractivity contribution in [1.29, 1.82) is 0 Å². The van der Waals surface area contributed by atoms with Crippen LogP contribution in [-0.4, -0.2) is 22.8 Å². The maximum Gasteiger partial charge on any atom is 0.243 e. The molecule has 0 aliphatic rings. The Hall–Kier alpha value is -2.63. The smallest absolute Gasteiger partial charge is 0.243 e.